The molecular formula is C14H28O14S. The summed E-state index contributed by atoms with van der Waals surface area (Å²) in [6.45, 7) is 3.55. The molecule has 0 aliphatic heterocycles. The molecule has 0 saturated heterocycles. The van der Waals surface area contributed by atoms with Gasteiger partial charge < -0.3 is 46.0 Å². The summed E-state index contributed by atoms with van der Waals surface area (Å²) in [4.78, 5) is 46.4. The number of aliphatic hydroxyl groups excluding tert-OH is 5. The minimum Gasteiger partial charge on any atom is -0.481 e. The van der Waals surface area contributed by atoms with Gasteiger partial charge in [0.15, 0.2) is 6.10 Å². The van der Waals surface area contributed by atoms with Gasteiger partial charge in [-0.1, -0.05) is 0 Å². The third kappa shape index (κ3) is 58.6. The minimum absolute atomic E-state index is 0.786. The van der Waals surface area contributed by atoms with Crippen LogP contribution in [0.5, 0.6) is 0 Å². The molecule has 0 fully saturated rings. The van der Waals surface area contributed by atoms with Crippen LogP contribution in [-0.2, 0) is 24.0 Å². The molecule has 29 heavy (non-hydrogen) atoms. The first kappa shape index (κ1) is 37.5. The molecule has 14 nitrogen and oxygen atoms in total. The first-order valence-corrected chi connectivity index (χ1v) is 7.63. The highest BCUT2D eigenvalue weighted by Crippen LogP contribution is 2.06. The molecular weight excluding hydrogens is 424 g/mol. The van der Waals surface area contributed by atoms with Gasteiger partial charge >= 0.3 is 0 Å². The summed E-state index contributed by atoms with van der Waals surface area (Å²) in [5.41, 5.74) is 0. The Morgan fingerprint density at radius 1 is 0.655 bits per heavy atom. The zero-order valence-electron chi connectivity index (χ0n) is 16.0. The van der Waals surface area contributed by atoms with Crippen LogP contribution in [0.1, 0.15) is 27.7 Å². The number of carbonyl (C=O) groups is 5. The quantitative estimate of drug-likeness (QED) is 0.189. The minimum atomic E-state index is -1.89. The van der Waals surface area contributed by atoms with Crippen molar-refractivity contribution in [3.05, 3.63) is 0 Å². The van der Waals surface area contributed by atoms with Crippen LogP contribution in [0.25, 0.3) is 0 Å². The highest BCUT2D eigenvalue weighted by molar-refractivity contribution is 7.96. The molecule has 0 spiro atoms. The van der Waals surface area contributed by atoms with Gasteiger partial charge in [-0.25, -0.2) is 0 Å². The number of aliphatic hydroxyl groups is 5. The van der Waals surface area contributed by atoms with Crippen molar-refractivity contribution in [3.63, 3.8) is 0 Å². The van der Waals surface area contributed by atoms with E-state index >= 15 is 0 Å². The smallest absolute Gasteiger partial charge is 0.300 e. The third-order valence-electron chi connectivity index (χ3n) is 1.51. The molecule has 0 saturated carbocycles. The Labute approximate surface area is 171 Å². The lowest BCUT2D eigenvalue weighted by Crippen LogP contribution is -2.47. The maximum absolute atomic E-state index is 10.4. The second kappa shape index (κ2) is 23.7. The molecule has 174 valence electrons. The van der Waals surface area contributed by atoms with Gasteiger partial charge in [-0.3, -0.25) is 24.0 Å². The first-order valence-electron chi connectivity index (χ1n) is 7.18. The van der Waals surface area contributed by atoms with Crippen molar-refractivity contribution in [1.82, 2.24) is 0 Å². The van der Waals surface area contributed by atoms with Crippen molar-refractivity contribution in [2.45, 2.75) is 52.1 Å². The lowest BCUT2D eigenvalue weighted by molar-refractivity contribution is -0.139. The topological polar surface area (TPSA) is 267 Å². The van der Waals surface area contributed by atoms with Crippen LogP contribution < -0.4 is 0 Å². The van der Waals surface area contributed by atoms with E-state index < -0.39 is 60.0 Å². The van der Waals surface area contributed by atoms with Crippen LogP contribution in [0.15, 0.2) is 0 Å². The number of aliphatic carboxylic acids is 4. The van der Waals surface area contributed by atoms with Gasteiger partial charge in [0.1, 0.15) is 18.3 Å². The molecule has 0 unspecified atom stereocenters. The molecule has 15 heteroatoms. The van der Waals surface area contributed by atoms with E-state index in [-0.39, 0.29) is 0 Å². The Morgan fingerprint density at radius 3 is 1.00 bits per heavy atom. The maximum Gasteiger partial charge on any atom is 0.300 e. The highest BCUT2D eigenvalue weighted by atomic mass is 32.1. The van der Waals surface area contributed by atoms with Crippen molar-refractivity contribution >= 4 is 41.6 Å². The van der Waals surface area contributed by atoms with Crippen LogP contribution >= 0.6 is 12.6 Å². The van der Waals surface area contributed by atoms with E-state index in [9.17, 15) is 4.79 Å². The zero-order valence-corrected chi connectivity index (χ0v) is 16.9. The number of carbonyl (C=O) groups excluding carboxylic acids is 1. The fourth-order valence-corrected chi connectivity index (χ4v) is 0.821. The number of hydrogen-bond donors (Lipinski definition) is 10. The number of hydrogen-bond acceptors (Lipinski definition) is 10. The standard InChI is InChI=1S/C6H12O6S.4C2H4O2/c7-1-2(8)3(9)4(10)5(11)6(12)13;4*1-2(3)4/h2-5,7-11H,1H2,(H,12,13);4*1H3,(H,3,4)/t2-,3-,4+,5-;;;;/m1..../s1. The number of carboxylic acid groups (broad SMARTS) is 4. The third-order valence-corrected chi connectivity index (χ3v) is 1.77. The average Bonchev–Trinajstić information content (AvgIpc) is 2.49. The van der Waals surface area contributed by atoms with Gasteiger partial charge in [0.05, 0.1) is 6.61 Å². The van der Waals surface area contributed by atoms with E-state index in [1.54, 1.807) is 0 Å². The molecule has 0 bridgehead atoms. The second-order valence-corrected chi connectivity index (χ2v) is 5.03. The summed E-state index contributed by atoms with van der Waals surface area (Å²) in [5, 5.41) is 72.7. The van der Waals surface area contributed by atoms with Gasteiger partial charge in [-0.05, 0) is 0 Å². The molecule has 0 aromatic rings. The van der Waals surface area contributed by atoms with Gasteiger partial charge in [-0.2, -0.15) is 0 Å². The van der Waals surface area contributed by atoms with Crippen molar-refractivity contribution in [2.75, 3.05) is 6.61 Å². The molecule has 0 aromatic heterocycles. The normalized spacial score (nSPS) is 12.6. The maximum atomic E-state index is 10.4. The lowest BCUT2D eigenvalue weighted by Gasteiger charge is -2.23. The molecule has 0 aliphatic carbocycles. The summed E-state index contributed by atoms with van der Waals surface area (Å²) >= 11 is 3.22. The van der Waals surface area contributed by atoms with Gasteiger partial charge in [-0.15, -0.1) is 12.6 Å². The van der Waals surface area contributed by atoms with Gasteiger partial charge in [0.2, 0.25) is 5.12 Å². The second-order valence-electron chi connectivity index (χ2n) is 4.59. The van der Waals surface area contributed by atoms with Crippen molar-refractivity contribution in [1.29, 1.82) is 0 Å². The van der Waals surface area contributed by atoms with E-state index in [0.29, 0.717) is 0 Å². The van der Waals surface area contributed by atoms with Crippen LogP contribution in [0.3, 0.4) is 0 Å². The molecule has 9 N–H and O–H groups in total. The van der Waals surface area contributed by atoms with E-state index in [4.69, 9.17) is 65.1 Å². The highest BCUT2D eigenvalue weighted by Gasteiger charge is 2.32. The zero-order chi connectivity index (χ0) is 24.9. The number of rotatable bonds is 5. The fourth-order valence-electron chi connectivity index (χ4n) is 0.668. The molecule has 4 atom stereocenters. The number of carboxylic acids is 4. The Kier molecular flexibility index (Phi) is 30.7. The van der Waals surface area contributed by atoms with Crippen molar-refractivity contribution in [3.8, 4) is 0 Å². The molecule has 0 aromatic carbocycles. The Balaban J connectivity index is -0.0000000984. The molecule has 0 rings (SSSR count). The largest absolute Gasteiger partial charge is 0.481 e. The summed E-state index contributed by atoms with van der Waals surface area (Å²) in [6.07, 6.45) is -7.17. The van der Waals surface area contributed by atoms with E-state index in [1.165, 1.54) is 0 Å². The van der Waals surface area contributed by atoms with E-state index in [1.807, 2.05) is 0 Å². The lowest BCUT2D eigenvalue weighted by atomic mass is 10.0. The summed E-state index contributed by atoms with van der Waals surface area (Å²) in [6, 6.07) is 0. The van der Waals surface area contributed by atoms with E-state index in [0.717, 1.165) is 27.7 Å². The first-order chi connectivity index (χ1) is 12.8. The van der Waals surface area contributed by atoms with E-state index in [2.05, 4.69) is 12.6 Å². The molecule has 0 aliphatic rings. The molecule has 0 amide bonds. The average molecular weight is 452 g/mol. The van der Waals surface area contributed by atoms with Gasteiger partial charge in [0.25, 0.3) is 23.9 Å². The molecule has 0 heterocycles. The van der Waals surface area contributed by atoms with Crippen LogP contribution in [0, 0.1) is 0 Å². The van der Waals surface area contributed by atoms with Crippen LogP contribution in [0.4, 0.5) is 0 Å². The van der Waals surface area contributed by atoms with Crippen molar-refractivity contribution in [2.24, 2.45) is 0 Å². The van der Waals surface area contributed by atoms with Crippen LogP contribution in [-0.4, -0.2) is 106 Å². The predicted molar refractivity (Wildman–Crippen MR) is 98.3 cm³/mol. The Bertz CT molecular complexity index is 417. The summed E-state index contributed by atoms with van der Waals surface area (Å²) in [7, 11) is 0. The fraction of sp³-hybridized carbons (Fsp3) is 0.643. The Hall–Kier alpha value is -2.30. The van der Waals surface area contributed by atoms with Crippen molar-refractivity contribution < 1.29 is 69.9 Å². The summed E-state index contributed by atoms with van der Waals surface area (Å²) < 4.78 is 0. The molecule has 0 radical (unpaired) electrons. The summed E-state index contributed by atoms with van der Waals surface area (Å²) in [5.74, 6) is -3.33. The Morgan fingerprint density at radius 2 is 0.862 bits per heavy atom. The van der Waals surface area contributed by atoms with Crippen LogP contribution in [0.2, 0.25) is 0 Å². The predicted octanol–water partition coefficient (Wildman–Crippen LogP) is -2.76. The SMILES string of the molecule is CC(=O)O.CC(=O)O.CC(=O)O.CC(=O)O.O=C(S)[C@H](O)[C@@H](O)[C@H](O)[C@H](O)CO. The number of thiol groups is 1. The monoisotopic (exact) mass is 452 g/mol. The van der Waals surface area contributed by atoms with Gasteiger partial charge in [0, 0.05) is 27.7 Å².